The van der Waals surface area contributed by atoms with Crippen LogP contribution in [0.2, 0.25) is 0 Å². The molecule has 0 amide bonds. The van der Waals surface area contributed by atoms with Crippen molar-refractivity contribution in [2.45, 2.75) is 24.3 Å². The second-order valence-electron chi connectivity index (χ2n) is 11.4. The summed E-state index contributed by atoms with van der Waals surface area (Å²) in [4.78, 5) is 15.7. The van der Waals surface area contributed by atoms with Gasteiger partial charge in [0.2, 0.25) is 0 Å². The van der Waals surface area contributed by atoms with Crippen LogP contribution in [0.1, 0.15) is 17.0 Å². The average Bonchev–Trinajstić information content (AvgIpc) is 3.56. The van der Waals surface area contributed by atoms with E-state index in [4.69, 9.17) is 9.72 Å². The van der Waals surface area contributed by atoms with Gasteiger partial charge in [0.1, 0.15) is 36.1 Å². The zero-order valence-corrected chi connectivity index (χ0v) is 29.7. The van der Waals surface area contributed by atoms with Crippen molar-refractivity contribution in [1.29, 1.82) is 0 Å². The van der Waals surface area contributed by atoms with Crippen molar-refractivity contribution in [3.63, 3.8) is 0 Å². The molecule has 252 valence electrons. The molecule has 1 N–H and O–H groups in total. The van der Waals surface area contributed by atoms with Crippen molar-refractivity contribution >= 4 is 59.5 Å². The third kappa shape index (κ3) is 8.84. The molecule has 0 saturated heterocycles. The zero-order chi connectivity index (χ0) is 34.4. The Morgan fingerprint density at radius 2 is 1.80 bits per heavy atom. The maximum atomic E-state index is 15.3. The predicted octanol–water partition coefficient (Wildman–Crippen LogP) is 8.45. The summed E-state index contributed by atoms with van der Waals surface area (Å²) in [5.74, 6) is 0.386. The standard InChI is InChI=1S/C36H32BrF2N5O3S2/c1-44(15-16-49(45,46)27-9-3-2-4-10-27)14-6-11-35-43-33(22-48-35)28-19-29-32(20-31(28)39)40-23-41-36(29)42-26-12-13-34(30(37)18-26)47-21-24-7-5-8-25(38)17-24/h2-5,7-10,12-13,17-20,22-23H,6,11,14-16,21H2,1H3,(H,40,41,42). The van der Waals surface area contributed by atoms with Crippen molar-refractivity contribution in [3.8, 4) is 17.0 Å². The van der Waals surface area contributed by atoms with E-state index in [-0.39, 0.29) is 18.2 Å². The Kier molecular flexibility index (Phi) is 10.9. The summed E-state index contributed by atoms with van der Waals surface area (Å²) >= 11 is 5.01. The number of anilines is 2. The molecule has 0 unspecified atom stereocenters. The van der Waals surface area contributed by atoms with E-state index in [1.807, 2.05) is 29.5 Å². The van der Waals surface area contributed by atoms with Crippen molar-refractivity contribution in [2.24, 2.45) is 0 Å². The van der Waals surface area contributed by atoms with Crippen LogP contribution in [-0.4, -0.2) is 54.2 Å². The van der Waals surface area contributed by atoms with Gasteiger partial charge in [0, 0.05) is 41.0 Å². The van der Waals surface area contributed by atoms with Gasteiger partial charge in [-0.3, -0.25) is 0 Å². The summed E-state index contributed by atoms with van der Waals surface area (Å²) < 4.78 is 60.6. The number of ether oxygens (including phenoxy) is 1. The lowest BCUT2D eigenvalue weighted by molar-refractivity contribution is 0.303. The first-order valence-corrected chi connectivity index (χ1v) is 18.8. The Hall–Kier alpha value is -4.30. The molecule has 2 aromatic heterocycles. The van der Waals surface area contributed by atoms with Crippen LogP contribution in [0.3, 0.4) is 0 Å². The van der Waals surface area contributed by atoms with Gasteiger partial charge < -0.3 is 15.0 Å². The highest BCUT2D eigenvalue weighted by molar-refractivity contribution is 9.10. The second kappa shape index (κ2) is 15.5. The van der Waals surface area contributed by atoms with E-state index < -0.39 is 15.7 Å². The van der Waals surface area contributed by atoms with Gasteiger partial charge in [-0.05, 0) is 90.0 Å². The summed E-state index contributed by atoms with van der Waals surface area (Å²) in [6.07, 6.45) is 2.84. The van der Waals surface area contributed by atoms with E-state index in [0.717, 1.165) is 17.1 Å². The molecule has 0 radical (unpaired) electrons. The predicted molar refractivity (Wildman–Crippen MR) is 193 cm³/mol. The molecule has 4 aromatic carbocycles. The molecule has 8 nitrogen and oxygen atoms in total. The van der Waals surface area contributed by atoms with Gasteiger partial charge in [-0.2, -0.15) is 0 Å². The number of halogens is 3. The number of thiazole rings is 1. The van der Waals surface area contributed by atoms with E-state index in [1.165, 1.54) is 35.9 Å². The van der Waals surface area contributed by atoms with Crippen LogP contribution >= 0.6 is 27.3 Å². The Morgan fingerprint density at radius 3 is 2.59 bits per heavy atom. The molecule has 6 aromatic rings. The van der Waals surface area contributed by atoms with Crippen LogP contribution in [0.15, 0.2) is 106 Å². The van der Waals surface area contributed by atoms with E-state index in [1.54, 1.807) is 54.6 Å². The lowest BCUT2D eigenvalue weighted by Crippen LogP contribution is -2.27. The first-order chi connectivity index (χ1) is 23.6. The van der Waals surface area contributed by atoms with Gasteiger partial charge in [-0.25, -0.2) is 32.2 Å². The number of hydrogen-bond acceptors (Lipinski definition) is 9. The molecule has 0 fully saturated rings. The van der Waals surface area contributed by atoms with Crippen LogP contribution in [0.4, 0.5) is 20.3 Å². The third-order valence-corrected chi connectivity index (χ3v) is 11.0. The highest BCUT2D eigenvalue weighted by atomic mass is 79.9. The van der Waals surface area contributed by atoms with Gasteiger partial charge >= 0.3 is 0 Å². The van der Waals surface area contributed by atoms with E-state index in [0.29, 0.717) is 68.2 Å². The monoisotopic (exact) mass is 763 g/mol. The summed E-state index contributed by atoms with van der Waals surface area (Å²) in [5, 5.41) is 6.63. The van der Waals surface area contributed by atoms with Crippen molar-refractivity contribution < 1.29 is 21.9 Å². The normalized spacial score (nSPS) is 11.7. The largest absolute Gasteiger partial charge is 0.488 e. The number of fused-ring (bicyclic) bond motifs is 1. The van der Waals surface area contributed by atoms with Gasteiger partial charge in [0.15, 0.2) is 9.84 Å². The average molecular weight is 765 g/mol. The summed E-state index contributed by atoms with van der Waals surface area (Å²) in [6, 6.07) is 23.3. The number of hydrogen-bond donors (Lipinski definition) is 1. The smallest absolute Gasteiger partial charge is 0.179 e. The molecular formula is C36H32BrF2N5O3S2. The van der Waals surface area contributed by atoms with Crippen molar-refractivity contribution in [1.82, 2.24) is 19.9 Å². The molecule has 0 spiro atoms. The number of nitrogens with one attached hydrogen (secondary N) is 1. The van der Waals surface area contributed by atoms with Crippen LogP contribution < -0.4 is 10.1 Å². The Bertz CT molecular complexity index is 2190. The lowest BCUT2D eigenvalue weighted by atomic mass is 10.1. The molecule has 0 aliphatic heterocycles. The highest BCUT2D eigenvalue weighted by Gasteiger charge is 2.17. The molecule has 0 aliphatic rings. The van der Waals surface area contributed by atoms with E-state index in [2.05, 4.69) is 31.2 Å². The summed E-state index contributed by atoms with van der Waals surface area (Å²) in [5.41, 5.74) is 2.75. The van der Waals surface area contributed by atoms with Crippen LogP contribution in [0.5, 0.6) is 5.75 Å². The quantitative estimate of drug-likeness (QED) is 0.118. The van der Waals surface area contributed by atoms with Crippen LogP contribution in [0.25, 0.3) is 22.2 Å². The minimum absolute atomic E-state index is 0.0473. The number of nitrogens with zero attached hydrogens (tertiary/aromatic N) is 4. The summed E-state index contributed by atoms with van der Waals surface area (Å²) in [6.45, 7) is 1.34. The van der Waals surface area contributed by atoms with Crippen molar-refractivity contribution in [2.75, 3.05) is 31.2 Å². The van der Waals surface area contributed by atoms with Crippen LogP contribution in [0, 0.1) is 11.6 Å². The summed E-state index contributed by atoms with van der Waals surface area (Å²) in [7, 11) is -1.43. The SMILES string of the molecule is CN(CCCc1nc(-c2cc3c(Nc4ccc(OCc5cccc(F)c5)c(Br)c4)ncnc3cc2F)cs1)CCS(=O)(=O)c1ccccc1. The number of aryl methyl sites for hydroxylation is 1. The first-order valence-electron chi connectivity index (χ1n) is 15.4. The molecule has 6 rings (SSSR count). The van der Waals surface area contributed by atoms with Gasteiger partial charge in [-0.15, -0.1) is 11.3 Å². The number of sulfone groups is 1. The van der Waals surface area contributed by atoms with Crippen molar-refractivity contribution in [3.05, 3.63) is 123 Å². The van der Waals surface area contributed by atoms with Gasteiger partial charge in [0.05, 0.1) is 31.3 Å². The Labute approximate surface area is 295 Å². The fourth-order valence-electron chi connectivity index (χ4n) is 5.18. The number of aromatic nitrogens is 3. The van der Waals surface area contributed by atoms with Gasteiger partial charge in [-0.1, -0.05) is 30.3 Å². The first kappa shape index (κ1) is 34.6. The van der Waals surface area contributed by atoms with Crippen LogP contribution in [-0.2, 0) is 22.9 Å². The third-order valence-electron chi connectivity index (χ3n) is 7.80. The number of benzene rings is 4. The molecular weight excluding hydrogens is 732 g/mol. The lowest BCUT2D eigenvalue weighted by Gasteiger charge is -2.16. The maximum Gasteiger partial charge on any atom is 0.179 e. The Morgan fingerprint density at radius 1 is 0.959 bits per heavy atom. The Balaban J connectivity index is 1.09. The molecule has 49 heavy (non-hydrogen) atoms. The number of rotatable bonds is 14. The van der Waals surface area contributed by atoms with E-state index >= 15 is 4.39 Å². The van der Waals surface area contributed by atoms with E-state index in [9.17, 15) is 12.8 Å². The fourth-order valence-corrected chi connectivity index (χ4v) is 7.87. The molecule has 13 heteroatoms. The van der Waals surface area contributed by atoms with Gasteiger partial charge in [0.25, 0.3) is 0 Å². The molecule has 0 bridgehead atoms. The molecule has 0 saturated carbocycles. The fraction of sp³-hybridized carbons (Fsp3) is 0.194. The topological polar surface area (TPSA) is 97.3 Å². The minimum Gasteiger partial charge on any atom is -0.488 e. The maximum absolute atomic E-state index is 15.3. The minimum atomic E-state index is -3.33. The molecule has 0 aliphatic carbocycles. The second-order valence-corrected chi connectivity index (χ2v) is 15.3. The molecule has 0 atom stereocenters. The zero-order valence-electron chi connectivity index (χ0n) is 26.4. The molecule has 2 heterocycles. The highest BCUT2D eigenvalue weighted by Crippen LogP contribution is 2.34.